The van der Waals surface area contributed by atoms with Gasteiger partial charge in [0, 0.05) is 6.61 Å². The van der Waals surface area contributed by atoms with Crippen LogP contribution in [0.3, 0.4) is 0 Å². The summed E-state index contributed by atoms with van der Waals surface area (Å²) in [6.07, 6.45) is 2.02. The largest absolute Gasteiger partial charge is 0.394 e. The topological polar surface area (TPSA) is 79.2 Å². The first-order valence-corrected chi connectivity index (χ1v) is 5.44. The maximum absolute atomic E-state index is 9.38. The minimum Gasteiger partial charge on any atom is -0.394 e. The Labute approximate surface area is 96.3 Å². The second-order valence-electron chi connectivity index (χ2n) is 3.53. The second-order valence-corrected chi connectivity index (χ2v) is 3.53. The summed E-state index contributed by atoms with van der Waals surface area (Å²) < 4.78 is 10.2. The predicted molar refractivity (Wildman–Crippen MR) is 60.2 cm³/mol. The Morgan fingerprint density at radius 3 is 2.31 bits per heavy atom. The first-order valence-electron chi connectivity index (χ1n) is 5.44. The van der Waals surface area contributed by atoms with E-state index in [0.29, 0.717) is 6.61 Å². The van der Waals surface area contributed by atoms with Crippen molar-refractivity contribution in [3.63, 3.8) is 0 Å². The highest BCUT2D eigenvalue weighted by Crippen LogP contribution is 1.94. The van der Waals surface area contributed by atoms with Gasteiger partial charge in [-0.05, 0) is 12.8 Å². The van der Waals surface area contributed by atoms with Gasteiger partial charge in [-0.15, -0.1) is 6.58 Å². The molecule has 2 atom stereocenters. The van der Waals surface area contributed by atoms with E-state index in [0.717, 1.165) is 12.8 Å². The van der Waals surface area contributed by atoms with Crippen LogP contribution >= 0.6 is 0 Å². The Morgan fingerprint density at radius 2 is 1.69 bits per heavy atom. The molecular formula is C11H22O5. The first-order chi connectivity index (χ1) is 7.70. The van der Waals surface area contributed by atoms with Gasteiger partial charge in [-0.3, -0.25) is 0 Å². The Morgan fingerprint density at radius 1 is 1.06 bits per heavy atom. The quantitative estimate of drug-likeness (QED) is 0.338. The first kappa shape index (κ1) is 15.5. The fraction of sp³-hybridized carbons (Fsp3) is 0.818. The SMILES string of the molecule is C=CCCCOCC(O)COCC(O)CO. The van der Waals surface area contributed by atoms with Crippen LogP contribution in [0.15, 0.2) is 12.7 Å². The molecule has 0 aromatic heterocycles. The van der Waals surface area contributed by atoms with Crippen molar-refractivity contribution in [2.75, 3.05) is 33.0 Å². The zero-order valence-corrected chi connectivity index (χ0v) is 9.55. The minimum atomic E-state index is -0.888. The van der Waals surface area contributed by atoms with Gasteiger partial charge in [0.15, 0.2) is 0 Å². The third-order valence-electron chi connectivity index (χ3n) is 1.84. The van der Waals surface area contributed by atoms with E-state index < -0.39 is 12.2 Å². The zero-order chi connectivity index (χ0) is 12.2. The highest BCUT2D eigenvalue weighted by atomic mass is 16.5. The lowest BCUT2D eigenvalue weighted by atomic mass is 10.3. The fourth-order valence-electron chi connectivity index (χ4n) is 0.990. The fourth-order valence-corrected chi connectivity index (χ4v) is 0.990. The normalized spacial score (nSPS) is 14.7. The molecule has 0 saturated heterocycles. The Hall–Kier alpha value is -0.460. The van der Waals surface area contributed by atoms with Gasteiger partial charge in [0.25, 0.3) is 0 Å². The van der Waals surface area contributed by atoms with Crippen molar-refractivity contribution in [3.05, 3.63) is 12.7 Å². The lowest BCUT2D eigenvalue weighted by molar-refractivity contribution is -0.0479. The molecule has 0 heterocycles. The zero-order valence-electron chi connectivity index (χ0n) is 9.55. The highest BCUT2D eigenvalue weighted by Gasteiger charge is 2.06. The number of aliphatic hydroxyl groups excluding tert-OH is 3. The molecule has 96 valence electrons. The van der Waals surface area contributed by atoms with Crippen molar-refractivity contribution in [2.24, 2.45) is 0 Å². The van der Waals surface area contributed by atoms with Crippen LogP contribution in [0.5, 0.6) is 0 Å². The molecule has 0 rings (SSSR count). The second kappa shape index (κ2) is 11.0. The van der Waals surface area contributed by atoms with E-state index in [9.17, 15) is 5.11 Å². The Balaban J connectivity index is 3.24. The number of allylic oxidation sites excluding steroid dienone is 1. The smallest absolute Gasteiger partial charge is 0.101 e. The summed E-state index contributed by atoms with van der Waals surface area (Å²) in [4.78, 5) is 0. The van der Waals surface area contributed by atoms with E-state index in [1.807, 2.05) is 6.08 Å². The molecule has 0 aliphatic rings. The number of aliphatic hydroxyl groups is 3. The van der Waals surface area contributed by atoms with E-state index in [4.69, 9.17) is 19.7 Å². The van der Waals surface area contributed by atoms with E-state index in [1.54, 1.807) is 0 Å². The van der Waals surface area contributed by atoms with Crippen molar-refractivity contribution in [1.82, 2.24) is 0 Å². The van der Waals surface area contributed by atoms with Gasteiger partial charge in [0.2, 0.25) is 0 Å². The van der Waals surface area contributed by atoms with Crippen LogP contribution in [-0.4, -0.2) is 60.6 Å². The van der Waals surface area contributed by atoms with Gasteiger partial charge in [-0.2, -0.15) is 0 Å². The molecule has 0 amide bonds. The number of hydrogen-bond acceptors (Lipinski definition) is 5. The molecule has 5 heteroatoms. The van der Waals surface area contributed by atoms with Gasteiger partial charge in [0.05, 0.1) is 26.4 Å². The molecule has 0 aromatic carbocycles. The maximum atomic E-state index is 9.38. The van der Waals surface area contributed by atoms with E-state index >= 15 is 0 Å². The molecule has 5 nitrogen and oxygen atoms in total. The van der Waals surface area contributed by atoms with Crippen LogP contribution in [0.1, 0.15) is 12.8 Å². The van der Waals surface area contributed by atoms with Crippen LogP contribution in [-0.2, 0) is 9.47 Å². The molecule has 2 unspecified atom stereocenters. The van der Waals surface area contributed by atoms with Crippen molar-refractivity contribution in [2.45, 2.75) is 25.0 Å². The molecule has 0 aliphatic carbocycles. The average molecular weight is 234 g/mol. The third kappa shape index (κ3) is 10.1. The number of ether oxygens (including phenoxy) is 2. The monoisotopic (exact) mass is 234 g/mol. The van der Waals surface area contributed by atoms with Crippen molar-refractivity contribution >= 4 is 0 Å². The predicted octanol–water partition coefficient (Wildman–Crippen LogP) is -0.300. The standard InChI is InChI=1S/C11H22O5/c1-2-3-4-5-15-8-11(14)9-16-7-10(13)6-12/h2,10-14H,1,3-9H2. The van der Waals surface area contributed by atoms with Crippen molar-refractivity contribution in [3.8, 4) is 0 Å². The van der Waals surface area contributed by atoms with Crippen LogP contribution in [0.4, 0.5) is 0 Å². The summed E-state index contributed by atoms with van der Waals surface area (Å²) in [6, 6.07) is 0. The Kier molecular flexibility index (Phi) is 10.7. The molecule has 0 spiro atoms. The summed E-state index contributed by atoms with van der Waals surface area (Å²) in [6.45, 7) is 4.16. The van der Waals surface area contributed by atoms with Gasteiger partial charge < -0.3 is 24.8 Å². The lowest BCUT2D eigenvalue weighted by Gasteiger charge is -2.13. The summed E-state index contributed by atoms with van der Waals surface area (Å²) >= 11 is 0. The number of rotatable bonds is 11. The molecule has 0 aliphatic heterocycles. The average Bonchev–Trinajstić information content (AvgIpc) is 2.28. The van der Waals surface area contributed by atoms with Crippen LogP contribution in [0.2, 0.25) is 0 Å². The van der Waals surface area contributed by atoms with E-state index in [-0.39, 0.29) is 26.4 Å². The van der Waals surface area contributed by atoms with Crippen LogP contribution < -0.4 is 0 Å². The molecule has 16 heavy (non-hydrogen) atoms. The molecule has 0 aromatic rings. The van der Waals surface area contributed by atoms with Gasteiger partial charge >= 0.3 is 0 Å². The number of hydrogen-bond donors (Lipinski definition) is 3. The highest BCUT2D eigenvalue weighted by molar-refractivity contribution is 4.65. The lowest BCUT2D eigenvalue weighted by Crippen LogP contribution is -2.26. The number of unbranched alkanes of at least 4 members (excludes halogenated alkanes) is 1. The van der Waals surface area contributed by atoms with Crippen molar-refractivity contribution < 1.29 is 24.8 Å². The molecule has 0 fully saturated rings. The van der Waals surface area contributed by atoms with Gasteiger partial charge in [-0.1, -0.05) is 6.08 Å². The van der Waals surface area contributed by atoms with Gasteiger partial charge in [-0.25, -0.2) is 0 Å². The molecule has 0 saturated carbocycles. The summed E-state index contributed by atoms with van der Waals surface area (Å²) in [7, 11) is 0. The van der Waals surface area contributed by atoms with Crippen LogP contribution in [0.25, 0.3) is 0 Å². The summed E-state index contributed by atoms with van der Waals surface area (Å²) in [5, 5.41) is 26.8. The van der Waals surface area contributed by atoms with Crippen molar-refractivity contribution in [1.29, 1.82) is 0 Å². The molecule has 3 N–H and O–H groups in total. The molecular weight excluding hydrogens is 212 g/mol. The molecule has 0 bridgehead atoms. The summed E-state index contributed by atoms with van der Waals surface area (Å²) in [5.74, 6) is 0. The summed E-state index contributed by atoms with van der Waals surface area (Å²) in [5.41, 5.74) is 0. The third-order valence-corrected chi connectivity index (χ3v) is 1.84. The van der Waals surface area contributed by atoms with Crippen LogP contribution in [0, 0.1) is 0 Å². The van der Waals surface area contributed by atoms with E-state index in [2.05, 4.69) is 6.58 Å². The van der Waals surface area contributed by atoms with E-state index in [1.165, 1.54) is 0 Å². The maximum Gasteiger partial charge on any atom is 0.101 e. The Bertz CT molecular complexity index is 162. The minimum absolute atomic E-state index is 0.0179. The molecule has 0 radical (unpaired) electrons. The van der Waals surface area contributed by atoms with Gasteiger partial charge in [0.1, 0.15) is 12.2 Å².